The van der Waals surface area contributed by atoms with Gasteiger partial charge in [-0.3, -0.25) is 9.59 Å². The molecule has 2 amide bonds. The van der Waals surface area contributed by atoms with Crippen LogP contribution in [0.25, 0.3) is 0 Å². The number of halogens is 4. The Morgan fingerprint density at radius 1 is 1.04 bits per heavy atom. The molecule has 2 N–H and O–H groups in total. The predicted molar refractivity (Wildman–Crippen MR) is 106 cm³/mol. The molecule has 1 unspecified atom stereocenters. The van der Waals surface area contributed by atoms with Crippen molar-refractivity contribution in [2.75, 3.05) is 6.54 Å². The number of hydrogen-bond acceptors (Lipinski definition) is 2. The highest BCUT2D eigenvalue weighted by atomic mass is 35.5. The molecular formula is C20H20Cl2F2N2O2. The van der Waals surface area contributed by atoms with Gasteiger partial charge in [0.25, 0.3) is 5.91 Å². The van der Waals surface area contributed by atoms with Gasteiger partial charge in [-0.05, 0) is 36.1 Å². The van der Waals surface area contributed by atoms with E-state index in [0.717, 1.165) is 23.8 Å². The van der Waals surface area contributed by atoms with Gasteiger partial charge >= 0.3 is 0 Å². The molecule has 28 heavy (non-hydrogen) atoms. The molecule has 0 heterocycles. The van der Waals surface area contributed by atoms with Crippen LogP contribution in [0.4, 0.5) is 8.78 Å². The van der Waals surface area contributed by atoms with Crippen LogP contribution in [0.15, 0.2) is 36.4 Å². The van der Waals surface area contributed by atoms with Crippen LogP contribution >= 0.6 is 23.2 Å². The van der Waals surface area contributed by atoms with Crippen LogP contribution in [-0.2, 0) is 11.2 Å². The van der Waals surface area contributed by atoms with Gasteiger partial charge in [-0.15, -0.1) is 0 Å². The monoisotopic (exact) mass is 428 g/mol. The van der Waals surface area contributed by atoms with E-state index in [2.05, 4.69) is 10.6 Å². The highest BCUT2D eigenvalue weighted by Gasteiger charge is 2.27. The highest BCUT2D eigenvalue weighted by molar-refractivity contribution is 6.42. The molecule has 0 saturated heterocycles. The Labute approximate surface area is 172 Å². The first-order valence-corrected chi connectivity index (χ1v) is 9.43. The summed E-state index contributed by atoms with van der Waals surface area (Å²) in [5.41, 5.74) is 0.0553. The number of hydrogen-bond donors (Lipinski definition) is 2. The zero-order valence-electron chi connectivity index (χ0n) is 15.4. The maximum absolute atomic E-state index is 13.8. The normalized spacial score (nSPS) is 12.0. The molecule has 150 valence electrons. The van der Waals surface area contributed by atoms with E-state index >= 15 is 0 Å². The van der Waals surface area contributed by atoms with Gasteiger partial charge in [0.1, 0.15) is 23.2 Å². The number of carbonyl (C=O) groups excluding carboxylic acids is 2. The Morgan fingerprint density at radius 2 is 1.64 bits per heavy atom. The zero-order valence-corrected chi connectivity index (χ0v) is 16.9. The molecule has 2 aromatic rings. The minimum absolute atomic E-state index is 0.256. The van der Waals surface area contributed by atoms with Gasteiger partial charge in [-0.2, -0.15) is 0 Å². The number of nitrogens with one attached hydrogen (secondary N) is 2. The van der Waals surface area contributed by atoms with Crippen molar-refractivity contribution in [2.24, 2.45) is 5.92 Å². The lowest BCUT2D eigenvalue weighted by molar-refractivity contribution is -0.123. The highest BCUT2D eigenvalue weighted by Crippen LogP contribution is 2.25. The summed E-state index contributed by atoms with van der Waals surface area (Å²) in [6.45, 7) is 3.69. The van der Waals surface area contributed by atoms with Crippen LogP contribution < -0.4 is 10.6 Å². The van der Waals surface area contributed by atoms with E-state index in [1.165, 1.54) is 0 Å². The number of rotatable bonds is 7. The molecule has 0 radical (unpaired) electrons. The van der Waals surface area contributed by atoms with Crippen LogP contribution in [0.1, 0.15) is 29.8 Å². The van der Waals surface area contributed by atoms with Gasteiger partial charge in [-0.1, -0.05) is 55.2 Å². The third-order valence-corrected chi connectivity index (χ3v) is 5.01. The first-order valence-electron chi connectivity index (χ1n) is 8.67. The lowest BCUT2D eigenvalue weighted by Gasteiger charge is -2.22. The van der Waals surface area contributed by atoms with Crippen LogP contribution in [-0.4, -0.2) is 24.4 Å². The summed E-state index contributed by atoms with van der Waals surface area (Å²) < 4.78 is 27.6. The van der Waals surface area contributed by atoms with Crippen molar-refractivity contribution in [3.8, 4) is 0 Å². The molecule has 0 aliphatic carbocycles. The fourth-order valence-electron chi connectivity index (χ4n) is 2.63. The first-order chi connectivity index (χ1) is 13.2. The van der Waals surface area contributed by atoms with Crippen molar-refractivity contribution in [3.05, 3.63) is 69.2 Å². The van der Waals surface area contributed by atoms with Crippen molar-refractivity contribution < 1.29 is 18.4 Å². The summed E-state index contributed by atoms with van der Waals surface area (Å²) in [6.07, 6.45) is 0.436. The predicted octanol–water partition coefficient (Wildman–Crippen LogP) is 4.38. The number of amides is 2. The van der Waals surface area contributed by atoms with Gasteiger partial charge in [0, 0.05) is 6.54 Å². The molecule has 4 nitrogen and oxygen atoms in total. The topological polar surface area (TPSA) is 58.2 Å². The van der Waals surface area contributed by atoms with E-state index in [1.54, 1.807) is 32.0 Å². The third kappa shape index (κ3) is 5.42. The molecular weight excluding hydrogens is 409 g/mol. The molecule has 0 bridgehead atoms. The van der Waals surface area contributed by atoms with Crippen molar-refractivity contribution >= 4 is 35.0 Å². The summed E-state index contributed by atoms with van der Waals surface area (Å²) in [6, 6.07) is 7.39. The van der Waals surface area contributed by atoms with Crippen LogP contribution in [0.2, 0.25) is 10.0 Å². The molecule has 0 spiro atoms. The summed E-state index contributed by atoms with van der Waals surface area (Å²) in [7, 11) is 0. The van der Waals surface area contributed by atoms with Crippen molar-refractivity contribution in [1.82, 2.24) is 10.6 Å². The van der Waals surface area contributed by atoms with E-state index in [4.69, 9.17) is 23.2 Å². The summed E-state index contributed by atoms with van der Waals surface area (Å²) in [4.78, 5) is 24.8. The van der Waals surface area contributed by atoms with Crippen LogP contribution in [0.5, 0.6) is 0 Å². The lowest BCUT2D eigenvalue weighted by Crippen LogP contribution is -2.50. The minimum Gasteiger partial charge on any atom is -0.354 e. The molecule has 2 aromatic carbocycles. The molecule has 1 atom stereocenters. The second-order valence-electron chi connectivity index (χ2n) is 6.55. The van der Waals surface area contributed by atoms with E-state index in [0.29, 0.717) is 16.5 Å². The first kappa shape index (κ1) is 22.1. The Kier molecular flexibility index (Phi) is 7.78. The van der Waals surface area contributed by atoms with Gasteiger partial charge in [0.2, 0.25) is 5.91 Å². The van der Waals surface area contributed by atoms with Crippen LogP contribution in [0.3, 0.4) is 0 Å². The molecule has 0 aliphatic heterocycles. The Bertz CT molecular complexity index is 855. The maximum Gasteiger partial charge on any atom is 0.257 e. The Balaban J connectivity index is 2.02. The van der Waals surface area contributed by atoms with Crippen molar-refractivity contribution in [3.63, 3.8) is 0 Å². The molecule has 0 fully saturated rings. The second-order valence-corrected chi connectivity index (χ2v) is 7.33. The van der Waals surface area contributed by atoms with E-state index in [9.17, 15) is 18.4 Å². The zero-order chi connectivity index (χ0) is 20.8. The Morgan fingerprint density at radius 3 is 2.25 bits per heavy atom. The molecule has 0 aromatic heterocycles. The number of benzene rings is 2. The fourth-order valence-corrected chi connectivity index (χ4v) is 3.05. The molecule has 0 saturated carbocycles. The van der Waals surface area contributed by atoms with E-state index in [1.807, 2.05) is 0 Å². The SMILES string of the molecule is CC(C)C(NC(=O)c1c(F)cccc1F)C(=O)NCCc1cccc(Cl)c1Cl. The maximum atomic E-state index is 13.8. The lowest BCUT2D eigenvalue weighted by atomic mass is 10.0. The fraction of sp³-hybridized carbons (Fsp3) is 0.300. The molecule has 2 rings (SSSR count). The number of carbonyl (C=O) groups is 2. The van der Waals surface area contributed by atoms with Crippen LogP contribution in [0, 0.1) is 17.6 Å². The smallest absolute Gasteiger partial charge is 0.257 e. The Hall–Kier alpha value is -2.18. The van der Waals surface area contributed by atoms with E-state index < -0.39 is 35.1 Å². The van der Waals surface area contributed by atoms with Crippen molar-refractivity contribution in [2.45, 2.75) is 26.3 Å². The second kappa shape index (κ2) is 9.85. The summed E-state index contributed by atoms with van der Waals surface area (Å²) >= 11 is 12.1. The largest absolute Gasteiger partial charge is 0.354 e. The average molecular weight is 429 g/mol. The molecule has 0 aliphatic rings. The van der Waals surface area contributed by atoms with E-state index in [-0.39, 0.29) is 12.5 Å². The van der Waals surface area contributed by atoms with Gasteiger partial charge in [0.15, 0.2) is 0 Å². The van der Waals surface area contributed by atoms with Gasteiger partial charge < -0.3 is 10.6 Å². The minimum atomic E-state index is -0.990. The molecule has 8 heteroatoms. The standard InChI is InChI=1S/C20H20Cl2F2N2O2/c1-11(2)18(26-19(27)16-14(23)7-4-8-15(16)24)20(28)25-10-9-12-5-3-6-13(21)17(12)22/h3-8,11,18H,9-10H2,1-2H3,(H,25,28)(H,26,27). The van der Waals surface area contributed by atoms with Gasteiger partial charge in [0.05, 0.1) is 10.0 Å². The van der Waals surface area contributed by atoms with Gasteiger partial charge in [-0.25, -0.2) is 8.78 Å². The summed E-state index contributed by atoms with van der Waals surface area (Å²) in [5.74, 6) is -3.72. The van der Waals surface area contributed by atoms with Crippen molar-refractivity contribution in [1.29, 1.82) is 0 Å². The third-order valence-electron chi connectivity index (χ3n) is 4.15. The average Bonchev–Trinajstić information content (AvgIpc) is 2.62. The quantitative estimate of drug-likeness (QED) is 0.686. The summed E-state index contributed by atoms with van der Waals surface area (Å²) in [5, 5.41) is 5.95.